The van der Waals surface area contributed by atoms with Crippen LogP contribution in [0.15, 0.2) is 77.7 Å². The van der Waals surface area contributed by atoms with Crippen LogP contribution in [0.5, 0.6) is 5.75 Å². The molecule has 180 valence electrons. The van der Waals surface area contributed by atoms with Gasteiger partial charge in [0.2, 0.25) is 0 Å². The van der Waals surface area contributed by atoms with Gasteiger partial charge in [0.05, 0.1) is 16.3 Å². The monoisotopic (exact) mass is 490 g/mol. The van der Waals surface area contributed by atoms with Crippen LogP contribution in [0, 0.1) is 13.8 Å². The third-order valence-electron chi connectivity index (χ3n) is 5.83. The van der Waals surface area contributed by atoms with Crippen LogP contribution in [-0.2, 0) is 10.0 Å². The maximum Gasteiger partial charge on any atom is 0.273 e. The van der Waals surface area contributed by atoms with E-state index in [1.54, 1.807) is 43.3 Å². The third kappa shape index (κ3) is 4.76. The minimum absolute atomic E-state index is 0.121. The van der Waals surface area contributed by atoms with E-state index in [9.17, 15) is 18.3 Å². The second-order valence-corrected chi connectivity index (χ2v) is 9.92. The molecule has 0 atom stereocenters. The molecule has 3 N–H and O–H groups in total. The molecule has 0 fully saturated rings. The maximum atomic E-state index is 13.1. The van der Waals surface area contributed by atoms with Crippen molar-refractivity contribution >= 4 is 27.3 Å². The van der Waals surface area contributed by atoms with Crippen LogP contribution >= 0.6 is 0 Å². The summed E-state index contributed by atoms with van der Waals surface area (Å²) in [5.41, 5.74) is 3.89. The number of phenols is 1. The van der Waals surface area contributed by atoms with E-state index < -0.39 is 15.9 Å². The van der Waals surface area contributed by atoms with Gasteiger partial charge in [-0.05, 0) is 80.4 Å². The van der Waals surface area contributed by atoms with Gasteiger partial charge >= 0.3 is 0 Å². The Morgan fingerprint density at radius 2 is 1.71 bits per heavy atom. The molecule has 0 radical (unpaired) electrons. The van der Waals surface area contributed by atoms with Gasteiger partial charge in [0.15, 0.2) is 0 Å². The molecular weight excluding hydrogens is 464 g/mol. The van der Waals surface area contributed by atoms with Crippen molar-refractivity contribution in [2.45, 2.75) is 25.7 Å². The van der Waals surface area contributed by atoms with E-state index in [1.807, 2.05) is 26.0 Å². The molecule has 0 spiro atoms. The average Bonchev–Trinajstić information content (AvgIpc) is 3.34. The molecule has 0 bridgehead atoms. The Labute approximate surface area is 204 Å². The fourth-order valence-corrected chi connectivity index (χ4v) is 5.18. The number of hydrogen-bond donors (Lipinski definition) is 3. The van der Waals surface area contributed by atoms with Crippen LogP contribution in [0.2, 0.25) is 0 Å². The highest BCUT2D eigenvalue weighted by Gasteiger charge is 2.23. The fraction of sp³-hybridized carbons (Fsp3) is 0.154. The third-order valence-corrected chi connectivity index (χ3v) is 7.75. The Balaban J connectivity index is 1.51. The molecule has 0 aliphatic heterocycles. The molecule has 9 heteroatoms. The molecular formula is C26H26N4O4S. The van der Waals surface area contributed by atoms with E-state index >= 15 is 0 Å². The largest absolute Gasteiger partial charge is 0.507 e. The molecule has 0 saturated heterocycles. The number of benzene rings is 3. The topological polar surface area (TPSA) is 115 Å². The predicted octanol–water partition coefficient (Wildman–Crippen LogP) is 4.87. The summed E-state index contributed by atoms with van der Waals surface area (Å²) in [6.07, 6.45) is 0. The molecule has 3 aromatic carbocycles. The number of anilines is 2. The van der Waals surface area contributed by atoms with Gasteiger partial charge in [0, 0.05) is 17.8 Å². The summed E-state index contributed by atoms with van der Waals surface area (Å²) in [7, 11) is -3.76. The fourth-order valence-electron chi connectivity index (χ4n) is 3.71. The lowest BCUT2D eigenvalue weighted by Gasteiger charge is -2.23. The number of H-pyrrole nitrogens is 1. The van der Waals surface area contributed by atoms with Gasteiger partial charge in [-0.25, -0.2) is 8.42 Å². The zero-order chi connectivity index (χ0) is 25.2. The second-order valence-electron chi connectivity index (χ2n) is 8.05. The van der Waals surface area contributed by atoms with Crippen molar-refractivity contribution < 1.29 is 18.3 Å². The Bertz CT molecular complexity index is 1460. The summed E-state index contributed by atoms with van der Waals surface area (Å²) in [4.78, 5) is 12.8. The van der Waals surface area contributed by atoms with Gasteiger partial charge in [-0.2, -0.15) is 5.10 Å². The molecule has 0 saturated carbocycles. The number of hydrogen-bond acceptors (Lipinski definition) is 5. The number of phenolic OH excluding ortho intramolecular Hbond substituents is 1. The van der Waals surface area contributed by atoms with E-state index in [1.165, 1.54) is 28.6 Å². The summed E-state index contributed by atoms with van der Waals surface area (Å²) in [5.74, 6) is -0.320. The Morgan fingerprint density at radius 3 is 2.37 bits per heavy atom. The molecule has 4 rings (SSSR count). The zero-order valence-corrected chi connectivity index (χ0v) is 20.4. The number of nitrogens with one attached hydrogen (secondary N) is 2. The molecule has 1 heterocycles. The average molecular weight is 491 g/mol. The van der Waals surface area contributed by atoms with Crippen LogP contribution < -0.4 is 9.62 Å². The van der Waals surface area contributed by atoms with Gasteiger partial charge in [0.25, 0.3) is 15.9 Å². The van der Waals surface area contributed by atoms with Crippen LogP contribution in [-0.4, -0.2) is 36.2 Å². The van der Waals surface area contributed by atoms with Gasteiger partial charge in [-0.15, -0.1) is 0 Å². The van der Waals surface area contributed by atoms with Crippen molar-refractivity contribution in [1.29, 1.82) is 0 Å². The highest BCUT2D eigenvalue weighted by atomic mass is 32.2. The Hall–Kier alpha value is -4.11. The quantitative estimate of drug-likeness (QED) is 0.342. The van der Waals surface area contributed by atoms with Crippen LogP contribution in [0.4, 0.5) is 11.4 Å². The molecule has 1 aromatic heterocycles. The first-order chi connectivity index (χ1) is 16.7. The van der Waals surface area contributed by atoms with Crippen molar-refractivity contribution in [1.82, 2.24) is 10.2 Å². The van der Waals surface area contributed by atoms with Crippen LogP contribution in [0.25, 0.3) is 11.3 Å². The summed E-state index contributed by atoms with van der Waals surface area (Å²) >= 11 is 0. The van der Waals surface area contributed by atoms with Gasteiger partial charge in [0.1, 0.15) is 11.4 Å². The molecule has 35 heavy (non-hydrogen) atoms. The number of para-hydroxylation sites is 1. The lowest BCUT2D eigenvalue weighted by molar-refractivity contribution is 0.102. The summed E-state index contributed by atoms with van der Waals surface area (Å²) in [6, 6.07) is 20.1. The minimum atomic E-state index is -3.76. The number of aromatic hydroxyl groups is 1. The van der Waals surface area contributed by atoms with E-state index in [4.69, 9.17) is 0 Å². The molecule has 0 unspecified atom stereocenters. The van der Waals surface area contributed by atoms with Crippen LogP contribution in [0.1, 0.15) is 28.5 Å². The Kier molecular flexibility index (Phi) is 6.61. The van der Waals surface area contributed by atoms with E-state index in [2.05, 4.69) is 15.5 Å². The number of aromatic amines is 1. The predicted molar refractivity (Wildman–Crippen MR) is 136 cm³/mol. The highest BCUT2D eigenvalue weighted by molar-refractivity contribution is 7.92. The second kappa shape index (κ2) is 9.63. The Morgan fingerprint density at radius 1 is 1.03 bits per heavy atom. The summed E-state index contributed by atoms with van der Waals surface area (Å²) in [5, 5.41) is 20.0. The summed E-state index contributed by atoms with van der Waals surface area (Å²) in [6.45, 7) is 5.77. The van der Waals surface area contributed by atoms with Gasteiger partial charge < -0.3 is 10.4 Å². The van der Waals surface area contributed by atoms with Crippen molar-refractivity contribution in [3.63, 3.8) is 0 Å². The number of aromatic nitrogens is 2. The van der Waals surface area contributed by atoms with Crippen molar-refractivity contribution in [2.75, 3.05) is 16.2 Å². The normalized spacial score (nSPS) is 11.3. The van der Waals surface area contributed by atoms with Gasteiger partial charge in [-0.3, -0.25) is 14.2 Å². The highest BCUT2D eigenvalue weighted by Crippen LogP contribution is 2.33. The SMILES string of the molecule is CCN(c1ccccc1)S(=O)(=O)c1ccc(NC(=O)c2cc(-c3ccc(C)c(C)c3O)n[nH]2)cc1. The number of sulfonamides is 1. The molecule has 4 aromatic rings. The molecule has 0 aliphatic rings. The van der Waals surface area contributed by atoms with Crippen molar-refractivity contribution in [3.05, 3.63) is 89.6 Å². The minimum Gasteiger partial charge on any atom is -0.507 e. The number of amides is 1. The first kappa shape index (κ1) is 24.0. The standard InChI is InChI=1S/C26H26N4O4S/c1-4-30(20-8-6-5-7-9-20)35(33,34)21-13-11-19(12-14-21)27-26(32)24-16-23(28-29-24)22-15-10-17(2)18(3)25(22)31/h5-16,31H,4H2,1-3H3,(H,27,32)(H,28,29). The molecule has 1 amide bonds. The maximum absolute atomic E-state index is 13.1. The lowest BCUT2D eigenvalue weighted by atomic mass is 10.0. The lowest BCUT2D eigenvalue weighted by Crippen LogP contribution is -2.30. The number of carbonyl (C=O) groups is 1. The first-order valence-electron chi connectivity index (χ1n) is 11.1. The van der Waals surface area contributed by atoms with Crippen molar-refractivity contribution in [2.24, 2.45) is 0 Å². The first-order valence-corrected chi connectivity index (χ1v) is 12.5. The molecule has 0 aliphatic carbocycles. The van der Waals surface area contributed by atoms with E-state index in [0.29, 0.717) is 22.6 Å². The van der Waals surface area contributed by atoms with E-state index in [-0.39, 0.29) is 22.9 Å². The van der Waals surface area contributed by atoms with Crippen LogP contribution in [0.3, 0.4) is 0 Å². The molecule has 8 nitrogen and oxygen atoms in total. The number of nitrogens with zero attached hydrogens (tertiary/aromatic N) is 2. The summed E-state index contributed by atoms with van der Waals surface area (Å²) < 4.78 is 27.6. The van der Waals surface area contributed by atoms with E-state index in [0.717, 1.165) is 11.1 Å². The zero-order valence-electron chi connectivity index (χ0n) is 19.6. The van der Waals surface area contributed by atoms with Crippen molar-refractivity contribution in [3.8, 4) is 17.0 Å². The smallest absolute Gasteiger partial charge is 0.273 e. The number of rotatable bonds is 7. The van der Waals surface area contributed by atoms with Gasteiger partial charge in [-0.1, -0.05) is 24.3 Å². The number of carbonyl (C=O) groups excluding carboxylic acids is 1. The number of aryl methyl sites for hydroxylation is 1.